The van der Waals surface area contributed by atoms with Gasteiger partial charge in [0.2, 0.25) is 5.91 Å². The number of halogens is 3. The highest BCUT2D eigenvalue weighted by atomic mass is 19.4. The van der Waals surface area contributed by atoms with E-state index < -0.39 is 30.9 Å². The molecule has 0 radical (unpaired) electrons. The van der Waals surface area contributed by atoms with E-state index in [4.69, 9.17) is 5.11 Å². The van der Waals surface area contributed by atoms with Crippen LogP contribution >= 0.6 is 0 Å². The van der Waals surface area contributed by atoms with Crippen molar-refractivity contribution in [3.05, 3.63) is 0 Å². The van der Waals surface area contributed by atoms with Crippen molar-refractivity contribution in [2.75, 3.05) is 26.2 Å². The van der Waals surface area contributed by atoms with Crippen LogP contribution in [0.25, 0.3) is 0 Å². The first-order valence-corrected chi connectivity index (χ1v) is 6.55. The molecule has 116 valence electrons. The van der Waals surface area contributed by atoms with Crippen molar-refractivity contribution in [3.63, 3.8) is 0 Å². The number of hydrogen-bond donors (Lipinski definition) is 2. The second kappa shape index (κ2) is 7.47. The number of likely N-dealkylation sites (tertiary alicyclic amines) is 1. The second-order valence-corrected chi connectivity index (χ2v) is 4.99. The third kappa shape index (κ3) is 6.74. The van der Waals surface area contributed by atoms with E-state index in [1.54, 1.807) is 0 Å². The molecule has 1 unspecified atom stereocenters. The van der Waals surface area contributed by atoms with Gasteiger partial charge < -0.3 is 15.3 Å². The van der Waals surface area contributed by atoms with Crippen LogP contribution in [0.15, 0.2) is 0 Å². The number of aliphatic carboxylic acids is 1. The van der Waals surface area contributed by atoms with Gasteiger partial charge in [-0.15, -0.1) is 0 Å². The van der Waals surface area contributed by atoms with Gasteiger partial charge in [0.05, 0.1) is 13.0 Å². The van der Waals surface area contributed by atoms with Crippen molar-refractivity contribution in [1.29, 1.82) is 0 Å². The molecule has 1 rings (SSSR count). The van der Waals surface area contributed by atoms with Crippen molar-refractivity contribution >= 4 is 11.9 Å². The van der Waals surface area contributed by atoms with E-state index in [2.05, 4.69) is 5.32 Å². The van der Waals surface area contributed by atoms with Crippen molar-refractivity contribution in [2.24, 2.45) is 5.92 Å². The fourth-order valence-electron chi connectivity index (χ4n) is 2.25. The molecule has 1 fully saturated rings. The van der Waals surface area contributed by atoms with E-state index in [9.17, 15) is 22.8 Å². The van der Waals surface area contributed by atoms with Crippen LogP contribution in [-0.4, -0.2) is 54.2 Å². The number of piperidine rings is 1. The maximum Gasteiger partial charge on any atom is 0.389 e. The lowest BCUT2D eigenvalue weighted by Crippen LogP contribution is -2.43. The molecule has 2 N–H and O–H groups in total. The molecular weight excluding hydrogens is 277 g/mol. The van der Waals surface area contributed by atoms with Gasteiger partial charge in [0, 0.05) is 26.1 Å². The Labute approximate surface area is 115 Å². The zero-order valence-electron chi connectivity index (χ0n) is 11.1. The Bertz CT molecular complexity index is 347. The van der Waals surface area contributed by atoms with E-state index in [0.717, 1.165) is 12.8 Å². The molecule has 8 heteroatoms. The summed E-state index contributed by atoms with van der Waals surface area (Å²) in [7, 11) is 0. The topological polar surface area (TPSA) is 69.6 Å². The summed E-state index contributed by atoms with van der Waals surface area (Å²) in [6.45, 7) is 1.17. The van der Waals surface area contributed by atoms with Crippen LogP contribution < -0.4 is 5.32 Å². The first-order chi connectivity index (χ1) is 9.28. The van der Waals surface area contributed by atoms with Crippen molar-refractivity contribution in [2.45, 2.75) is 31.9 Å². The van der Waals surface area contributed by atoms with Crippen LogP contribution in [0.5, 0.6) is 0 Å². The lowest BCUT2D eigenvalue weighted by molar-refractivity contribution is -0.150. The van der Waals surface area contributed by atoms with Crippen LogP contribution in [-0.2, 0) is 9.59 Å². The maximum atomic E-state index is 12.1. The highest BCUT2D eigenvalue weighted by Gasteiger charge is 2.30. The Balaban J connectivity index is 2.32. The molecule has 20 heavy (non-hydrogen) atoms. The maximum absolute atomic E-state index is 12.1. The standard InChI is InChI=1S/C12H19F3N2O3/c13-12(14,15)4-3-10(18)17-5-1-2-9(8-17)6-16-7-11(19)20/h9,16H,1-8H2,(H,19,20). The van der Waals surface area contributed by atoms with E-state index in [1.807, 2.05) is 0 Å². The quantitative estimate of drug-likeness (QED) is 0.774. The summed E-state index contributed by atoms with van der Waals surface area (Å²) in [6.07, 6.45) is -4.34. The average molecular weight is 296 g/mol. The third-order valence-electron chi connectivity index (χ3n) is 3.20. The predicted octanol–water partition coefficient (Wildman–Crippen LogP) is 1.24. The summed E-state index contributed by atoms with van der Waals surface area (Å²) in [5.74, 6) is -1.35. The molecule has 1 aliphatic heterocycles. The van der Waals surface area contributed by atoms with Crippen LogP contribution in [0, 0.1) is 5.92 Å². The number of carbonyl (C=O) groups excluding carboxylic acids is 1. The highest BCUT2D eigenvalue weighted by Crippen LogP contribution is 2.23. The molecule has 0 spiro atoms. The molecule has 0 aromatic heterocycles. The van der Waals surface area contributed by atoms with Gasteiger partial charge in [0.15, 0.2) is 0 Å². The van der Waals surface area contributed by atoms with Gasteiger partial charge in [0.25, 0.3) is 0 Å². The lowest BCUT2D eigenvalue weighted by Gasteiger charge is -2.33. The molecule has 1 heterocycles. The molecule has 5 nitrogen and oxygen atoms in total. The van der Waals surface area contributed by atoms with Gasteiger partial charge in [-0.3, -0.25) is 9.59 Å². The first-order valence-electron chi connectivity index (χ1n) is 6.55. The number of carbonyl (C=O) groups is 2. The van der Waals surface area contributed by atoms with E-state index in [-0.39, 0.29) is 12.5 Å². The molecule has 0 aromatic rings. The number of carboxylic acids is 1. The monoisotopic (exact) mass is 296 g/mol. The number of alkyl halides is 3. The SMILES string of the molecule is O=C(O)CNCC1CCCN(C(=O)CCC(F)(F)F)C1. The minimum absolute atomic E-state index is 0.0953. The summed E-state index contributed by atoms with van der Waals surface area (Å²) < 4.78 is 36.2. The zero-order valence-corrected chi connectivity index (χ0v) is 11.1. The molecule has 0 saturated carbocycles. The minimum Gasteiger partial charge on any atom is -0.480 e. The number of nitrogens with one attached hydrogen (secondary N) is 1. The highest BCUT2D eigenvalue weighted by molar-refractivity contribution is 5.76. The summed E-state index contributed by atoms with van der Waals surface area (Å²) in [4.78, 5) is 23.5. The predicted molar refractivity (Wildman–Crippen MR) is 65.1 cm³/mol. The Morgan fingerprint density at radius 2 is 2.05 bits per heavy atom. The fourth-order valence-corrected chi connectivity index (χ4v) is 2.25. The second-order valence-electron chi connectivity index (χ2n) is 4.99. The van der Waals surface area contributed by atoms with Gasteiger partial charge in [0.1, 0.15) is 0 Å². The summed E-state index contributed by atoms with van der Waals surface area (Å²) >= 11 is 0. The molecule has 0 bridgehead atoms. The fraction of sp³-hybridized carbons (Fsp3) is 0.833. The molecule has 0 aliphatic carbocycles. The van der Waals surface area contributed by atoms with E-state index in [1.165, 1.54) is 4.90 Å². The Hall–Kier alpha value is -1.31. The summed E-state index contributed by atoms with van der Waals surface area (Å²) in [5, 5.41) is 11.2. The normalized spacial score (nSPS) is 19.9. The van der Waals surface area contributed by atoms with Crippen molar-refractivity contribution in [1.82, 2.24) is 10.2 Å². The number of rotatable bonds is 6. The van der Waals surface area contributed by atoms with E-state index in [0.29, 0.717) is 19.6 Å². The molecule has 1 aliphatic rings. The Morgan fingerprint density at radius 3 is 2.65 bits per heavy atom. The molecule has 1 saturated heterocycles. The molecule has 1 atom stereocenters. The van der Waals surface area contributed by atoms with E-state index >= 15 is 0 Å². The van der Waals surface area contributed by atoms with Gasteiger partial charge in [-0.1, -0.05) is 0 Å². The van der Waals surface area contributed by atoms with Crippen LogP contribution in [0.4, 0.5) is 13.2 Å². The Morgan fingerprint density at radius 1 is 1.35 bits per heavy atom. The van der Waals surface area contributed by atoms with Crippen molar-refractivity contribution < 1.29 is 27.9 Å². The lowest BCUT2D eigenvalue weighted by atomic mass is 9.97. The largest absolute Gasteiger partial charge is 0.480 e. The molecular formula is C12H19F3N2O3. The zero-order chi connectivity index (χ0) is 15.2. The van der Waals surface area contributed by atoms with Gasteiger partial charge in [-0.05, 0) is 18.8 Å². The minimum atomic E-state index is -4.31. The smallest absolute Gasteiger partial charge is 0.389 e. The summed E-state index contributed by atoms with van der Waals surface area (Å²) in [6, 6.07) is 0. The van der Waals surface area contributed by atoms with Gasteiger partial charge >= 0.3 is 12.1 Å². The number of nitrogens with zero attached hydrogens (tertiary/aromatic N) is 1. The van der Waals surface area contributed by atoms with Crippen LogP contribution in [0.1, 0.15) is 25.7 Å². The van der Waals surface area contributed by atoms with Gasteiger partial charge in [-0.2, -0.15) is 13.2 Å². The number of amides is 1. The first kappa shape index (κ1) is 16.7. The van der Waals surface area contributed by atoms with Crippen LogP contribution in [0.2, 0.25) is 0 Å². The number of carboxylic acid groups (broad SMARTS) is 1. The average Bonchev–Trinajstić information content (AvgIpc) is 2.35. The van der Waals surface area contributed by atoms with Crippen molar-refractivity contribution in [3.8, 4) is 0 Å². The Kier molecular flexibility index (Phi) is 6.25. The van der Waals surface area contributed by atoms with Gasteiger partial charge in [-0.25, -0.2) is 0 Å². The molecule has 1 amide bonds. The number of hydrogen-bond acceptors (Lipinski definition) is 3. The summed E-state index contributed by atoms with van der Waals surface area (Å²) in [5.41, 5.74) is 0. The van der Waals surface area contributed by atoms with Crippen LogP contribution in [0.3, 0.4) is 0 Å². The molecule has 0 aromatic carbocycles. The third-order valence-corrected chi connectivity index (χ3v) is 3.20.